The molecule has 1 N–H and O–H groups in total. The van der Waals surface area contributed by atoms with Gasteiger partial charge >= 0.3 is 0 Å². The fourth-order valence-corrected chi connectivity index (χ4v) is 2.03. The Kier molecular flexibility index (Phi) is 3.53. The molecule has 0 saturated carbocycles. The molecule has 1 aliphatic rings. The summed E-state index contributed by atoms with van der Waals surface area (Å²) in [4.78, 5) is 2.32. The Morgan fingerprint density at radius 2 is 2.08 bits per heavy atom. The zero-order chi connectivity index (χ0) is 9.14. The van der Waals surface area contributed by atoms with Gasteiger partial charge < -0.3 is 10.0 Å². The van der Waals surface area contributed by atoms with Crippen LogP contribution in [0, 0.1) is 11.8 Å². The molecule has 0 aromatic rings. The minimum absolute atomic E-state index is 0.104. The lowest BCUT2D eigenvalue weighted by Crippen LogP contribution is -2.39. The van der Waals surface area contributed by atoms with Crippen LogP contribution < -0.4 is 0 Å². The number of hydrogen-bond acceptors (Lipinski definition) is 2. The van der Waals surface area contributed by atoms with Gasteiger partial charge in [-0.2, -0.15) is 0 Å². The summed E-state index contributed by atoms with van der Waals surface area (Å²) in [6, 6.07) is 0. The molecule has 2 heteroatoms. The average Bonchev–Trinajstić information content (AvgIpc) is 2.03. The first-order valence-electron chi connectivity index (χ1n) is 4.98. The largest absolute Gasteiger partial charge is 0.393 e. The van der Waals surface area contributed by atoms with E-state index in [0.29, 0.717) is 11.8 Å². The third kappa shape index (κ3) is 2.46. The van der Waals surface area contributed by atoms with Gasteiger partial charge in [-0.25, -0.2) is 0 Å². The normalized spacial score (nSPS) is 29.2. The van der Waals surface area contributed by atoms with Crippen molar-refractivity contribution in [3.63, 3.8) is 0 Å². The fraction of sp³-hybridized carbons (Fsp3) is 1.00. The average molecular weight is 171 g/mol. The van der Waals surface area contributed by atoms with E-state index in [9.17, 15) is 5.11 Å². The lowest BCUT2D eigenvalue weighted by atomic mass is 9.87. The maximum atomic E-state index is 9.84. The molecule has 1 fully saturated rings. The second-order valence-corrected chi connectivity index (χ2v) is 4.40. The third-order valence-electron chi connectivity index (χ3n) is 2.83. The summed E-state index contributed by atoms with van der Waals surface area (Å²) in [5.74, 6) is 0.908. The summed E-state index contributed by atoms with van der Waals surface area (Å²) in [5.41, 5.74) is 0. The molecule has 0 aromatic carbocycles. The molecular formula is C10H21NO. The van der Waals surface area contributed by atoms with E-state index in [1.54, 1.807) is 0 Å². The van der Waals surface area contributed by atoms with Gasteiger partial charge in [-0.3, -0.25) is 0 Å². The molecule has 0 radical (unpaired) electrons. The molecule has 2 atom stereocenters. The monoisotopic (exact) mass is 171 g/mol. The van der Waals surface area contributed by atoms with E-state index in [1.807, 2.05) is 0 Å². The van der Waals surface area contributed by atoms with Crippen LogP contribution >= 0.6 is 0 Å². The highest BCUT2D eigenvalue weighted by Crippen LogP contribution is 2.22. The van der Waals surface area contributed by atoms with Gasteiger partial charge in [0.1, 0.15) is 0 Å². The van der Waals surface area contributed by atoms with Crippen LogP contribution in [0.25, 0.3) is 0 Å². The van der Waals surface area contributed by atoms with E-state index in [2.05, 4.69) is 25.8 Å². The van der Waals surface area contributed by atoms with Crippen LogP contribution in [0.4, 0.5) is 0 Å². The van der Waals surface area contributed by atoms with Crippen LogP contribution in [0.1, 0.15) is 26.7 Å². The van der Waals surface area contributed by atoms with E-state index in [1.165, 1.54) is 19.4 Å². The van der Waals surface area contributed by atoms with Crippen molar-refractivity contribution >= 4 is 0 Å². The fourth-order valence-electron chi connectivity index (χ4n) is 2.03. The van der Waals surface area contributed by atoms with Crippen LogP contribution in [-0.4, -0.2) is 36.2 Å². The van der Waals surface area contributed by atoms with Crippen molar-refractivity contribution in [3.8, 4) is 0 Å². The number of aliphatic hydroxyl groups is 1. The van der Waals surface area contributed by atoms with Crippen LogP contribution in [0.15, 0.2) is 0 Å². The van der Waals surface area contributed by atoms with Crippen LogP contribution in [-0.2, 0) is 0 Å². The topological polar surface area (TPSA) is 23.5 Å². The summed E-state index contributed by atoms with van der Waals surface area (Å²) in [6.07, 6.45) is 2.34. The summed E-state index contributed by atoms with van der Waals surface area (Å²) in [5, 5.41) is 9.84. The third-order valence-corrected chi connectivity index (χ3v) is 2.83. The second kappa shape index (κ2) is 4.24. The van der Waals surface area contributed by atoms with E-state index in [-0.39, 0.29) is 6.10 Å². The van der Waals surface area contributed by atoms with Crippen molar-refractivity contribution in [2.75, 3.05) is 20.1 Å². The molecule has 12 heavy (non-hydrogen) atoms. The van der Waals surface area contributed by atoms with Crippen molar-refractivity contribution in [2.24, 2.45) is 11.8 Å². The maximum absolute atomic E-state index is 9.84. The lowest BCUT2D eigenvalue weighted by Gasteiger charge is -2.34. The molecule has 72 valence electrons. The van der Waals surface area contributed by atoms with Gasteiger partial charge in [0.15, 0.2) is 0 Å². The summed E-state index contributed by atoms with van der Waals surface area (Å²) in [6.45, 7) is 6.46. The second-order valence-electron chi connectivity index (χ2n) is 4.40. The molecule has 1 rings (SSSR count). The molecule has 0 amide bonds. The lowest BCUT2D eigenvalue weighted by molar-refractivity contribution is 0.0279. The smallest absolute Gasteiger partial charge is 0.0603 e. The Hall–Kier alpha value is -0.0800. The molecule has 2 nitrogen and oxygen atoms in total. The van der Waals surface area contributed by atoms with Gasteiger partial charge in [0.2, 0.25) is 0 Å². The summed E-state index contributed by atoms with van der Waals surface area (Å²) >= 11 is 0. The Morgan fingerprint density at radius 1 is 1.42 bits per heavy atom. The molecule has 0 bridgehead atoms. The highest BCUT2D eigenvalue weighted by Gasteiger charge is 2.25. The Labute approximate surface area is 75.6 Å². The van der Waals surface area contributed by atoms with Crippen molar-refractivity contribution in [1.82, 2.24) is 4.90 Å². The molecule has 2 unspecified atom stereocenters. The molecule has 1 heterocycles. The van der Waals surface area contributed by atoms with E-state index >= 15 is 0 Å². The van der Waals surface area contributed by atoms with Gasteiger partial charge in [0.25, 0.3) is 0 Å². The Bertz CT molecular complexity index is 136. The highest BCUT2D eigenvalue weighted by atomic mass is 16.3. The standard InChI is InChI=1S/C10H21NO/c1-8(2)10(12)9-5-4-6-11(3)7-9/h8-10,12H,4-7H2,1-3H3. The van der Waals surface area contributed by atoms with Gasteiger partial charge in [0, 0.05) is 6.54 Å². The van der Waals surface area contributed by atoms with E-state index in [4.69, 9.17) is 0 Å². The van der Waals surface area contributed by atoms with E-state index < -0.39 is 0 Å². The van der Waals surface area contributed by atoms with Crippen molar-refractivity contribution in [3.05, 3.63) is 0 Å². The zero-order valence-corrected chi connectivity index (χ0v) is 8.45. The first kappa shape index (κ1) is 10.0. The highest BCUT2D eigenvalue weighted by molar-refractivity contribution is 4.78. The molecule has 1 aliphatic heterocycles. The number of nitrogens with zero attached hydrogens (tertiary/aromatic N) is 1. The molecule has 0 spiro atoms. The summed E-state index contributed by atoms with van der Waals surface area (Å²) < 4.78 is 0. The number of rotatable bonds is 2. The number of hydrogen-bond donors (Lipinski definition) is 1. The van der Waals surface area contributed by atoms with E-state index in [0.717, 1.165) is 6.54 Å². The number of piperidine rings is 1. The van der Waals surface area contributed by atoms with Crippen LogP contribution in [0.2, 0.25) is 0 Å². The Morgan fingerprint density at radius 3 is 2.58 bits per heavy atom. The SMILES string of the molecule is CC(C)C(O)C1CCCN(C)C1. The van der Waals surface area contributed by atoms with Crippen molar-refractivity contribution in [1.29, 1.82) is 0 Å². The predicted octanol–water partition coefficient (Wildman–Crippen LogP) is 1.35. The predicted molar refractivity (Wildman–Crippen MR) is 51.1 cm³/mol. The zero-order valence-electron chi connectivity index (χ0n) is 8.45. The van der Waals surface area contributed by atoms with Gasteiger partial charge in [-0.05, 0) is 38.3 Å². The maximum Gasteiger partial charge on any atom is 0.0603 e. The number of aliphatic hydroxyl groups excluding tert-OH is 1. The minimum Gasteiger partial charge on any atom is -0.393 e. The van der Waals surface area contributed by atoms with Crippen molar-refractivity contribution < 1.29 is 5.11 Å². The molecular weight excluding hydrogens is 150 g/mol. The van der Waals surface area contributed by atoms with Crippen molar-refractivity contribution in [2.45, 2.75) is 32.8 Å². The Balaban J connectivity index is 2.40. The first-order chi connectivity index (χ1) is 5.61. The first-order valence-corrected chi connectivity index (χ1v) is 4.98. The van der Waals surface area contributed by atoms with Gasteiger partial charge in [-0.1, -0.05) is 13.8 Å². The number of likely N-dealkylation sites (tertiary alicyclic amines) is 1. The minimum atomic E-state index is -0.104. The van der Waals surface area contributed by atoms with Crippen LogP contribution in [0.5, 0.6) is 0 Å². The van der Waals surface area contributed by atoms with Gasteiger partial charge in [0.05, 0.1) is 6.10 Å². The summed E-state index contributed by atoms with van der Waals surface area (Å²) in [7, 11) is 2.14. The molecule has 0 aromatic heterocycles. The molecule has 1 saturated heterocycles. The van der Waals surface area contributed by atoms with Gasteiger partial charge in [-0.15, -0.1) is 0 Å². The molecule has 0 aliphatic carbocycles. The van der Waals surface area contributed by atoms with Crippen LogP contribution in [0.3, 0.4) is 0 Å². The quantitative estimate of drug-likeness (QED) is 0.678.